The quantitative estimate of drug-likeness (QED) is 0.732. The van der Waals surface area contributed by atoms with E-state index in [1.807, 2.05) is 30.3 Å². The number of hydrogen-bond donors (Lipinski definition) is 0. The highest BCUT2D eigenvalue weighted by Crippen LogP contribution is 2.33. The minimum absolute atomic E-state index is 0.629. The summed E-state index contributed by atoms with van der Waals surface area (Å²) in [5, 5.41) is 11.0. The number of aromatic nitrogens is 1. The normalized spacial score (nSPS) is 18.1. The lowest BCUT2D eigenvalue weighted by molar-refractivity contribution is 0.502. The standard InChI is InChI=1S/C17H15ClN2S/c1-11-2-7-15-16(8-11)21-17(20-15)13(10-19)9-12-3-5-14(18)6-4-12/h3-6,9,11H,2,7-8H2,1H3. The van der Waals surface area contributed by atoms with Crippen LogP contribution in [0.2, 0.25) is 5.02 Å². The third kappa shape index (κ3) is 3.18. The van der Waals surface area contributed by atoms with Crippen molar-refractivity contribution in [3.8, 4) is 6.07 Å². The van der Waals surface area contributed by atoms with E-state index in [-0.39, 0.29) is 0 Å². The Morgan fingerprint density at radius 3 is 2.90 bits per heavy atom. The first-order chi connectivity index (χ1) is 10.2. The van der Waals surface area contributed by atoms with Crippen molar-refractivity contribution in [1.82, 2.24) is 4.98 Å². The highest BCUT2D eigenvalue weighted by Gasteiger charge is 2.20. The number of aryl methyl sites for hydroxylation is 1. The zero-order chi connectivity index (χ0) is 14.8. The number of benzene rings is 1. The van der Waals surface area contributed by atoms with E-state index in [0.717, 1.165) is 29.3 Å². The van der Waals surface area contributed by atoms with Crippen molar-refractivity contribution in [2.75, 3.05) is 0 Å². The lowest BCUT2D eigenvalue weighted by Gasteiger charge is -2.15. The Hall–Kier alpha value is -1.63. The van der Waals surface area contributed by atoms with Gasteiger partial charge < -0.3 is 0 Å². The lowest BCUT2D eigenvalue weighted by Crippen LogP contribution is -2.09. The molecule has 4 heteroatoms. The largest absolute Gasteiger partial charge is 0.240 e. The molecule has 3 rings (SSSR count). The first-order valence-electron chi connectivity index (χ1n) is 7.02. The number of nitrogens with zero attached hydrogens (tertiary/aromatic N) is 2. The fourth-order valence-electron chi connectivity index (χ4n) is 2.52. The van der Waals surface area contributed by atoms with Crippen LogP contribution in [-0.2, 0) is 12.8 Å². The van der Waals surface area contributed by atoms with Gasteiger partial charge in [0.2, 0.25) is 0 Å². The summed E-state index contributed by atoms with van der Waals surface area (Å²) in [4.78, 5) is 6.02. The number of fused-ring (bicyclic) bond motifs is 1. The van der Waals surface area contributed by atoms with Crippen molar-refractivity contribution in [1.29, 1.82) is 5.26 Å². The van der Waals surface area contributed by atoms with E-state index in [1.54, 1.807) is 11.3 Å². The zero-order valence-electron chi connectivity index (χ0n) is 11.8. The summed E-state index contributed by atoms with van der Waals surface area (Å²) in [6, 6.07) is 9.76. The van der Waals surface area contributed by atoms with Gasteiger partial charge in [-0.1, -0.05) is 30.7 Å². The number of thiazole rings is 1. The number of allylic oxidation sites excluding steroid dienone is 1. The van der Waals surface area contributed by atoms with Crippen LogP contribution in [0.3, 0.4) is 0 Å². The average Bonchev–Trinajstić information content (AvgIpc) is 2.89. The van der Waals surface area contributed by atoms with Crippen molar-refractivity contribution < 1.29 is 0 Å². The van der Waals surface area contributed by atoms with Crippen molar-refractivity contribution >= 4 is 34.6 Å². The number of hydrogen-bond acceptors (Lipinski definition) is 3. The van der Waals surface area contributed by atoms with E-state index >= 15 is 0 Å². The van der Waals surface area contributed by atoms with E-state index in [4.69, 9.17) is 11.6 Å². The molecule has 2 nitrogen and oxygen atoms in total. The van der Waals surface area contributed by atoms with Gasteiger partial charge >= 0.3 is 0 Å². The second-order valence-electron chi connectivity index (χ2n) is 5.46. The molecular weight excluding hydrogens is 300 g/mol. The van der Waals surface area contributed by atoms with Gasteiger partial charge in [-0.15, -0.1) is 11.3 Å². The van der Waals surface area contributed by atoms with Gasteiger partial charge in [0.1, 0.15) is 11.1 Å². The van der Waals surface area contributed by atoms with E-state index in [0.29, 0.717) is 10.6 Å². The molecule has 0 N–H and O–H groups in total. The minimum atomic E-state index is 0.629. The summed E-state index contributed by atoms with van der Waals surface area (Å²) in [6.45, 7) is 2.27. The summed E-state index contributed by atoms with van der Waals surface area (Å²) in [5.41, 5.74) is 2.78. The van der Waals surface area contributed by atoms with E-state index in [2.05, 4.69) is 18.0 Å². The van der Waals surface area contributed by atoms with Gasteiger partial charge in [0.15, 0.2) is 0 Å². The number of halogens is 1. The average molecular weight is 315 g/mol. The minimum Gasteiger partial charge on any atom is -0.240 e. The number of nitriles is 1. The molecule has 0 amide bonds. The molecule has 0 aliphatic heterocycles. The first-order valence-corrected chi connectivity index (χ1v) is 8.21. The Balaban J connectivity index is 1.94. The summed E-state index contributed by atoms with van der Waals surface area (Å²) >= 11 is 7.55. The van der Waals surface area contributed by atoms with Crippen LogP contribution in [0.1, 0.15) is 34.5 Å². The smallest absolute Gasteiger partial charge is 0.134 e. The summed E-state index contributed by atoms with van der Waals surface area (Å²) in [7, 11) is 0. The Bertz CT molecular complexity index is 722. The Morgan fingerprint density at radius 1 is 1.43 bits per heavy atom. The maximum Gasteiger partial charge on any atom is 0.134 e. The third-order valence-electron chi connectivity index (χ3n) is 3.72. The van der Waals surface area contributed by atoms with Gasteiger partial charge in [-0.2, -0.15) is 5.26 Å². The molecule has 1 atom stereocenters. The van der Waals surface area contributed by atoms with Crippen LogP contribution in [0.4, 0.5) is 0 Å². The van der Waals surface area contributed by atoms with Gasteiger partial charge in [0.25, 0.3) is 0 Å². The second-order valence-corrected chi connectivity index (χ2v) is 6.98. The Labute approximate surface area is 133 Å². The molecule has 1 aromatic heterocycles. The van der Waals surface area contributed by atoms with Crippen molar-refractivity contribution in [2.24, 2.45) is 5.92 Å². The molecule has 21 heavy (non-hydrogen) atoms. The molecule has 1 aromatic carbocycles. The summed E-state index contributed by atoms with van der Waals surface area (Å²) in [6.07, 6.45) is 5.20. The van der Waals surface area contributed by atoms with Gasteiger partial charge in [-0.25, -0.2) is 4.98 Å². The van der Waals surface area contributed by atoms with Crippen LogP contribution >= 0.6 is 22.9 Å². The fourth-order valence-corrected chi connectivity index (χ4v) is 3.89. The van der Waals surface area contributed by atoms with E-state index < -0.39 is 0 Å². The summed E-state index contributed by atoms with van der Waals surface area (Å²) in [5.74, 6) is 0.719. The first kappa shape index (κ1) is 14.3. The SMILES string of the molecule is CC1CCc2nc(C(C#N)=Cc3ccc(Cl)cc3)sc2C1. The van der Waals surface area contributed by atoms with Gasteiger partial charge in [0, 0.05) is 9.90 Å². The second kappa shape index (κ2) is 6.01. The molecule has 1 unspecified atom stereocenters. The highest BCUT2D eigenvalue weighted by atomic mass is 35.5. The molecule has 1 aliphatic rings. The van der Waals surface area contributed by atoms with Crippen molar-refractivity contribution in [3.05, 3.63) is 50.4 Å². The molecule has 1 heterocycles. The molecular formula is C17H15ClN2S. The fraction of sp³-hybridized carbons (Fsp3) is 0.294. The number of rotatable bonds is 2. The van der Waals surface area contributed by atoms with Crippen LogP contribution in [-0.4, -0.2) is 4.98 Å². The van der Waals surface area contributed by atoms with Crippen molar-refractivity contribution in [3.63, 3.8) is 0 Å². The molecule has 0 fully saturated rings. The highest BCUT2D eigenvalue weighted by molar-refractivity contribution is 7.13. The monoisotopic (exact) mass is 314 g/mol. The molecule has 0 spiro atoms. The molecule has 0 saturated carbocycles. The van der Waals surface area contributed by atoms with Crippen LogP contribution in [0.5, 0.6) is 0 Å². The Kier molecular flexibility index (Phi) is 4.10. The molecule has 1 aliphatic carbocycles. The van der Waals surface area contributed by atoms with E-state index in [1.165, 1.54) is 17.0 Å². The Morgan fingerprint density at radius 2 is 2.19 bits per heavy atom. The van der Waals surface area contributed by atoms with Crippen LogP contribution in [0.15, 0.2) is 24.3 Å². The molecule has 0 radical (unpaired) electrons. The van der Waals surface area contributed by atoms with Crippen molar-refractivity contribution in [2.45, 2.75) is 26.2 Å². The maximum atomic E-state index is 9.43. The van der Waals surface area contributed by atoms with E-state index in [9.17, 15) is 5.26 Å². The molecule has 2 aromatic rings. The van der Waals surface area contributed by atoms with Gasteiger partial charge in [-0.05, 0) is 49.0 Å². The molecule has 0 saturated heterocycles. The molecule has 106 valence electrons. The van der Waals surface area contributed by atoms with Gasteiger partial charge in [-0.3, -0.25) is 0 Å². The van der Waals surface area contributed by atoms with Gasteiger partial charge in [0.05, 0.1) is 11.3 Å². The maximum absolute atomic E-state index is 9.43. The topological polar surface area (TPSA) is 36.7 Å². The summed E-state index contributed by atoms with van der Waals surface area (Å²) < 4.78 is 0. The predicted octanol–water partition coefficient (Wildman–Crippen LogP) is 4.99. The van der Waals surface area contributed by atoms with Crippen LogP contribution < -0.4 is 0 Å². The van der Waals surface area contributed by atoms with Crippen LogP contribution in [0, 0.1) is 17.2 Å². The zero-order valence-corrected chi connectivity index (χ0v) is 13.3. The third-order valence-corrected chi connectivity index (χ3v) is 5.12. The predicted molar refractivity (Wildman–Crippen MR) is 88.2 cm³/mol. The van der Waals surface area contributed by atoms with Crippen LogP contribution in [0.25, 0.3) is 11.6 Å². The lowest BCUT2D eigenvalue weighted by atomic mass is 9.93. The molecule has 0 bridgehead atoms.